The highest BCUT2D eigenvalue weighted by atomic mass is 15.2. The molecule has 1 aromatic carbocycles. The van der Waals surface area contributed by atoms with Crippen LogP contribution in [0.25, 0.3) is 0 Å². The molecule has 1 atom stereocenters. The van der Waals surface area contributed by atoms with Gasteiger partial charge in [-0.1, -0.05) is 45.4 Å². The van der Waals surface area contributed by atoms with Crippen LogP contribution in [-0.4, -0.2) is 19.6 Å². The maximum Gasteiger partial charge on any atom is 0.0411 e. The Labute approximate surface area is 118 Å². The van der Waals surface area contributed by atoms with E-state index in [1.807, 2.05) is 0 Å². The largest absolute Gasteiger partial charge is 0.371 e. The number of hydrogen-bond acceptors (Lipinski definition) is 2. The van der Waals surface area contributed by atoms with E-state index in [2.05, 4.69) is 55.3 Å². The van der Waals surface area contributed by atoms with Gasteiger partial charge in [0.1, 0.15) is 0 Å². The van der Waals surface area contributed by atoms with Gasteiger partial charge in [-0.3, -0.25) is 0 Å². The van der Waals surface area contributed by atoms with Crippen LogP contribution >= 0.6 is 0 Å². The van der Waals surface area contributed by atoms with E-state index in [0.717, 1.165) is 19.0 Å². The molecule has 1 aliphatic heterocycles. The van der Waals surface area contributed by atoms with Crippen LogP contribution in [-0.2, 0) is 6.54 Å². The van der Waals surface area contributed by atoms with Crippen molar-refractivity contribution in [2.75, 3.05) is 24.5 Å². The minimum Gasteiger partial charge on any atom is -0.371 e. The van der Waals surface area contributed by atoms with Crippen LogP contribution in [0.3, 0.4) is 0 Å². The minimum atomic E-state index is 0.712. The highest BCUT2D eigenvalue weighted by Gasteiger charge is 2.22. The van der Waals surface area contributed by atoms with Crippen molar-refractivity contribution in [1.29, 1.82) is 0 Å². The van der Waals surface area contributed by atoms with Crippen LogP contribution in [0.15, 0.2) is 24.3 Å². The third-order valence-electron chi connectivity index (χ3n) is 4.06. The predicted molar refractivity (Wildman–Crippen MR) is 83.6 cm³/mol. The summed E-state index contributed by atoms with van der Waals surface area (Å²) in [6.45, 7) is 11.4. The number of hydrogen-bond donors (Lipinski definition) is 1. The number of rotatable bonds is 6. The van der Waals surface area contributed by atoms with Gasteiger partial charge in [0.2, 0.25) is 0 Å². The van der Waals surface area contributed by atoms with Crippen molar-refractivity contribution in [3.63, 3.8) is 0 Å². The van der Waals surface area contributed by atoms with Gasteiger partial charge in [0.05, 0.1) is 0 Å². The van der Waals surface area contributed by atoms with Crippen molar-refractivity contribution in [2.24, 2.45) is 11.8 Å². The van der Waals surface area contributed by atoms with Crippen LogP contribution in [0.2, 0.25) is 0 Å². The first kappa shape index (κ1) is 14.4. The van der Waals surface area contributed by atoms with Gasteiger partial charge in [-0.05, 0) is 36.4 Å². The molecule has 0 spiro atoms. The molecule has 2 rings (SSSR count). The van der Waals surface area contributed by atoms with Gasteiger partial charge in [-0.2, -0.15) is 0 Å². The lowest BCUT2D eigenvalue weighted by Gasteiger charge is -2.22. The first-order valence-electron chi connectivity index (χ1n) is 7.74. The molecule has 0 bridgehead atoms. The molecule has 0 saturated carbocycles. The maximum atomic E-state index is 3.56. The Morgan fingerprint density at radius 3 is 2.79 bits per heavy atom. The summed E-state index contributed by atoms with van der Waals surface area (Å²) in [6.07, 6.45) is 2.66. The standard InChI is InChI=1S/C17H28N2/c1-4-15-9-10-19(13-15)17-8-6-5-7-16(17)12-18-11-14(2)3/h5-8,14-15,18H,4,9-13H2,1-3H3. The van der Waals surface area contributed by atoms with E-state index in [9.17, 15) is 0 Å². The molecule has 1 unspecified atom stereocenters. The zero-order valence-electron chi connectivity index (χ0n) is 12.7. The number of para-hydroxylation sites is 1. The van der Waals surface area contributed by atoms with E-state index in [1.165, 1.54) is 37.2 Å². The van der Waals surface area contributed by atoms with Gasteiger partial charge >= 0.3 is 0 Å². The van der Waals surface area contributed by atoms with E-state index < -0.39 is 0 Å². The van der Waals surface area contributed by atoms with Crippen molar-refractivity contribution in [1.82, 2.24) is 5.32 Å². The quantitative estimate of drug-likeness (QED) is 0.839. The van der Waals surface area contributed by atoms with Crippen LogP contribution in [0.1, 0.15) is 39.2 Å². The molecule has 1 aliphatic rings. The number of anilines is 1. The molecule has 0 amide bonds. The number of nitrogens with one attached hydrogen (secondary N) is 1. The van der Waals surface area contributed by atoms with Crippen molar-refractivity contribution < 1.29 is 0 Å². The lowest BCUT2D eigenvalue weighted by Crippen LogP contribution is -2.24. The lowest BCUT2D eigenvalue weighted by atomic mass is 10.1. The summed E-state index contributed by atoms with van der Waals surface area (Å²) in [6, 6.07) is 8.87. The molecule has 19 heavy (non-hydrogen) atoms. The fourth-order valence-corrected chi connectivity index (χ4v) is 2.85. The monoisotopic (exact) mass is 260 g/mol. The summed E-state index contributed by atoms with van der Waals surface area (Å²) in [5.74, 6) is 1.60. The predicted octanol–water partition coefficient (Wildman–Crippen LogP) is 3.67. The highest BCUT2D eigenvalue weighted by molar-refractivity contribution is 5.54. The van der Waals surface area contributed by atoms with Crippen LogP contribution in [0.5, 0.6) is 0 Å². The second kappa shape index (κ2) is 6.95. The Hall–Kier alpha value is -1.02. The van der Waals surface area contributed by atoms with Crippen molar-refractivity contribution >= 4 is 5.69 Å². The molecule has 0 radical (unpaired) electrons. The summed E-state index contributed by atoms with van der Waals surface area (Å²) in [5.41, 5.74) is 2.88. The van der Waals surface area contributed by atoms with Gasteiger partial charge in [0.25, 0.3) is 0 Å². The molecule has 1 heterocycles. The summed E-state index contributed by atoms with van der Waals surface area (Å²) < 4.78 is 0. The maximum absolute atomic E-state index is 3.56. The van der Waals surface area contributed by atoms with E-state index >= 15 is 0 Å². The molecular weight excluding hydrogens is 232 g/mol. The average Bonchev–Trinajstić information content (AvgIpc) is 2.87. The fraction of sp³-hybridized carbons (Fsp3) is 0.647. The van der Waals surface area contributed by atoms with Gasteiger partial charge in [0, 0.05) is 25.3 Å². The fourth-order valence-electron chi connectivity index (χ4n) is 2.85. The van der Waals surface area contributed by atoms with E-state index in [4.69, 9.17) is 0 Å². The van der Waals surface area contributed by atoms with Gasteiger partial charge in [-0.25, -0.2) is 0 Å². The van der Waals surface area contributed by atoms with Gasteiger partial charge < -0.3 is 10.2 Å². The molecule has 1 N–H and O–H groups in total. The minimum absolute atomic E-state index is 0.712. The topological polar surface area (TPSA) is 15.3 Å². The SMILES string of the molecule is CCC1CCN(c2ccccc2CNCC(C)C)C1. The summed E-state index contributed by atoms with van der Waals surface area (Å²) in [4.78, 5) is 2.57. The van der Waals surface area contributed by atoms with Gasteiger partial charge in [-0.15, -0.1) is 0 Å². The van der Waals surface area contributed by atoms with E-state index in [-0.39, 0.29) is 0 Å². The molecule has 1 fully saturated rings. The lowest BCUT2D eigenvalue weighted by molar-refractivity contribution is 0.551. The number of benzene rings is 1. The molecule has 1 saturated heterocycles. The second-order valence-electron chi connectivity index (χ2n) is 6.16. The van der Waals surface area contributed by atoms with E-state index in [1.54, 1.807) is 0 Å². The molecule has 1 aromatic rings. The first-order valence-corrected chi connectivity index (χ1v) is 7.74. The van der Waals surface area contributed by atoms with Gasteiger partial charge in [0.15, 0.2) is 0 Å². The van der Waals surface area contributed by atoms with Crippen molar-refractivity contribution in [3.8, 4) is 0 Å². The van der Waals surface area contributed by atoms with Crippen molar-refractivity contribution in [2.45, 2.75) is 40.2 Å². The summed E-state index contributed by atoms with van der Waals surface area (Å²) >= 11 is 0. The molecule has 106 valence electrons. The number of nitrogens with zero attached hydrogens (tertiary/aromatic N) is 1. The van der Waals surface area contributed by atoms with Crippen LogP contribution in [0, 0.1) is 11.8 Å². The Kier molecular flexibility index (Phi) is 5.26. The first-order chi connectivity index (χ1) is 9.20. The molecule has 2 nitrogen and oxygen atoms in total. The molecule has 0 aliphatic carbocycles. The Morgan fingerprint density at radius 2 is 2.11 bits per heavy atom. The highest BCUT2D eigenvalue weighted by Crippen LogP contribution is 2.28. The Bertz CT molecular complexity index is 387. The molecule has 2 heteroatoms. The zero-order valence-corrected chi connectivity index (χ0v) is 12.7. The van der Waals surface area contributed by atoms with E-state index in [0.29, 0.717) is 5.92 Å². The zero-order chi connectivity index (χ0) is 13.7. The van der Waals surface area contributed by atoms with Crippen LogP contribution in [0.4, 0.5) is 5.69 Å². The Morgan fingerprint density at radius 1 is 1.32 bits per heavy atom. The smallest absolute Gasteiger partial charge is 0.0411 e. The average molecular weight is 260 g/mol. The van der Waals surface area contributed by atoms with Crippen molar-refractivity contribution in [3.05, 3.63) is 29.8 Å². The summed E-state index contributed by atoms with van der Waals surface area (Å²) in [5, 5.41) is 3.56. The Balaban J connectivity index is 2.00. The molecular formula is C17H28N2. The molecule has 0 aromatic heterocycles. The van der Waals surface area contributed by atoms with Crippen LogP contribution < -0.4 is 10.2 Å². The second-order valence-corrected chi connectivity index (χ2v) is 6.16. The third-order valence-corrected chi connectivity index (χ3v) is 4.06. The summed E-state index contributed by atoms with van der Waals surface area (Å²) in [7, 11) is 0. The normalized spacial score (nSPS) is 19.4. The third kappa shape index (κ3) is 3.97.